The molecule has 2 N–H and O–H groups in total. The van der Waals surface area contributed by atoms with E-state index in [0.29, 0.717) is 23.1 Å². The molecular formula is C12H19N3O2. The summed E-state index contributed by atoms with van der Waals surface area (Å²) in [5, 5.41) is 10.2. The van der Waals surface area contributed by atoms with Gasteiger partial charge in [-0.2, -0.15) is 0 Å². The van der Waals surface area contributed by atoms with Gasteiger partial charge in [0.25, 0.3) is 5.91 Å². The molecule has 0 bridgehead atoms. The number of hydrogen-bond acceptors (Lipinski definition) is 4. The van der Waals surface area contributed by atoms with Gasteiger partial charge in [-0.25, -0.2) is 0 Å². The maximum absolute atomic E-state index is 12.1. The fraction of sp³-hybridized carbons (Fsp3) is 0.667. The van der Waals surface area contributed by atoms with Crippen LogP contribution < -0.4 is 10.6 Å². The van der Waals surface area contributed by atoms with Crippen LogP contribution in [0.3, 0.4) is 0 Å². The van der Waals surface area contributed by atoms with Crippen LogP contribution in [0.25, 0.3) is 0 Å². The third kappa shape index (κ3) is 2.49. The van der Waals surface area contributed by atoms with Crippen LogP contribution in [-0.4, -0.2) is 29.7 Å². The molecule has 2 atom stereocenters. The van der Waals surface area contributed by atoms with Crippen molar-refractivity contribution in [2.45, 2.75) is 45.7 Å². The van der Waals surface area contributed by atoms with E-state index in [1.165, 1.54) is 0 Å². The van der Waals surface area contributed by atoms with Crippen molar-refractivity contribution in [1.82, 2.24) is 15.8 Å². The highest BCUT2D eigenvalue weighted by Gasteiger charge is 2.25. The number of amides is 1. The van der Waals surface area contributed by atoms with E-state index in [-0.39, 0.29) is 11.9 Å². The first-order valence-electron chi connectivity index (χ1n) is 6.06. The average molecular weight is 237 g/mol. The van der Waals surface area contributed by atoms with Gasteiger partial charge in [0.1, 0.15) is 11.3 Å². The Morgan fingerprint density at radius 3 is 2.88 bits per heavy atom. The zero-order chi connectivity index (χ0) is 12.4. The molecule has 1 aliphatic rings. The quantitative estimate of drug-likeness (QED) is 0.810. The normalized spacial score (nSPS) is 24.6. The predicted octanol–water partition coefficient (Wildman–Crippen LogP) is 1.16. The number of carbonyl (C=O) groups excluding carboxylic acids is 1. The van der Waals surface area contributed by atoms with Crippen molar-refractivity contribution in [3.8, 4) is 0 Å². The Morgan fingerprint density at radius 1 is 1.53 bits per heavy atom. The minimum absolute atomic E-state index is 0.0817. The van der Waals surface area contributed by atoms with Crippen LogP contribution in [-0.2, 0) is 0 Å². The van der Waals surface area contributed by atoms with E-state index in [9.17, 15) is 4.79 Å². The van der Waals surface area contributed by atoms with E-state index >= 15 is 0 Å². The molecule has 0 spiro atoms. The minimum Gasteiger partial charge on any atom is -0.361 e. The first-order valence-corrected chi connectivity index (χ1v) is 6.06. The number of aryl methyl sites for hydroxylation is 2. The highest BCUT2D eigenvalue weighted by atomic mass is 16.5. The Hall–Kier alpha value is -1.36. The molecule has 1 amide bonds. The molecule has 1 fully saturated rings. The second-order valence-corrected chi connectivity index (χ2v) is 4.66. The lowest BCUT2D eigenvalue weighted by Crippen LogP contribution is -2.52. The monoisotopic (exact) mass is 237 g/mol. The fourth-order valence-corrected chi connectivity index (χ4v) is 2.29. The van der Waals surface area contributed by atoms with Gasteiger partial charge in [-0.3, -0.25) is 4.79 Å². The van der Waals surface area contributed by atoms with Gasteiger partial charge in [0.05, 0.1) is 5.69 Å². The molecule has 2 heterocycles. The van der Waals surface area contributed by atoms with Crippen LogP contribution in [0.15, 0.2) is 4.52 Å². The first kappa shape index (κ1) is 12.1. The summed E-state index contributed by atoms with van der Waals surface area (Å²) < 4.78 is 5.01. The van der Waals surface area contributed by atoms with Crippen molar-refractivity contribution < 1.29 is 9.32 Å². The zero-order valence-corrected chi connectivity index (χ0v) is 10.5. The second-order valence-electron chi connectivity index (χ2n) is 4.66. The standard InChI is InChI=1S/C12H19N3O2/c1-7-10(5-4-6-13-7)14-12(16)11-8(2)15-17-9(11)3/h7,10,13H,4-6H2,1-3H3,(H,14,16). The van der Waals surface area contributed by atoms with E-state index < -0.39 is 0 Å². The number of piperidine rings is 1. The minimum atomic E-state index is -0.0817. The van der Waals surface area contributed by atoms with Gasteiger partial charge >= 0.3 is 0 Å². The Kier molecular flexibility index (Phi) is 3.47. The van der Waals surface area contributed by atoms with E-state index in [1.54, 1.807) is 13.8 Å². The maximum Gasteiger partial charge on any atom is 0.257 e. The lowest BCUT2D eigenvalue weighted by molar-refractivity contribution is 0.0918. The van der Waals surface area contributed by atoms with Crippen LogP contribution in [0.1, 0.15) is 41.6 Å². The highest BCUT2D eigenvalue weighted by Crippen LogP contribution is 2.14. The molecule has 17 heavy (non-hydrogen) atoms. The zero-order valence-electron chi connectivity index (χ0n) is 10.5. The van der Waals surface area contributed by atoms with Crippen LogP contribution in [0.4, 0.5) is 0 Å². The average Bonchev–Trinajstić information content (AvgIpc) is 2.62. The summed E-state index contributed by atoms with van der Waals surface area (Å²) in [4.78, 5) is 12.1. The van der Waals surface area contributed by atoms with Crippen LogP contribution >= 0.6 is 0 Å². The molecule has 5 nitrogen and oxygen atoms in total. The fourth-order valence-electron chi connectivity index (χ4n) is 2.29. The molecule has 2 unspecified atom stereocenters. The van der Waals surface area contributed by atoms with E-state index in [2.05, 4.69) is 22.7 Å². The lowest BCUT2D eigenvalue weighted by atomic mass is 9.99. The van der Waals surface area contributed by atoms with E-state index in [4.69, 9.17) is 4.52 Å². The SMILES string of the molecule is Cc1noc(C)c1C(=O)NC1CCCNC1C. The van der Waals surface area contributed by atoms with Gasteiger partial charge in [0, 0.05) is 12.1 Å². The lowest BCUT2D eigenvalue weighted by Gasteiger charge is -2.30. The maximum atomic E-state index is 12.1. The molecule has 1 aliphatic heterocycles. The molecule has 1 aromatic rings. The van der Waals surface area contributed by atoms with Gasteiger partial charge in [-0.05, 0) is 40.2 Å². The third-order valence-electron chi connectivity index (χ3n) is 3.34. The molecule has 5 heteroatoms. The molecular weight excluding hydrogens is 218 g/mol. The number of nitrogens with one attached hydrogen (secondary N) is 2. The van der Waals surface area contributed by atoms with Crippen molar-refractivity contribution in [2.24, 2.45) is 0 Å². The molecule has 94 valence electrons. The van der Waals surface area contributed by atoms with Gasteiger partial charge in [-0.1, -0.05) is 5.16 Å². The highest BCUT2D eigenvalue weighted by molar-refractivity contribution is 5.96. The smallest absolute Gasteiger partial charge is 0.257 e. The summed E-state index contributed by atoms with van der Waals surface area (Å²) >= 11 is 0. The number of aromatic nitrogens is 1. The number of hydrogen-bond donors (Lipinski definition) is 2. The summed E-state index contributed by atoms with van der Waals surface area (Å²) in [6.45, 7) is 6.67. The predicted molar refractivity (Wildman–Crippen MR) is 63.9 cm³/mol. The molecule has 0 aromatic carbocycles. The Labute approximate surface area is 101 Å². The molecule has 1 saturated heterocycles. The molecule has 0 aliphatic carbocycles. The van der Waals surface area contributed by atoms with Crippen LogP contribution in [0, 0.1) is 13.8 Å². The van der Waals surface area contributed by atoms with Crippen LogP contribution in [0.2, 0.25) is 0 Å². The largest absolute Gasteiger partial charge is 0.361 e. The van der Waals surface area contributed by atoms with Crippen molar-refractivity contribution >= 4 is 5.91 Å². The number of carbonyl (C=O) groups is 1. The van der Waals surface area contributed by atoms with Crippen molar-refractivity contribution in [2.75, 3.05) is 6.54 Å². The molecule has 1 aromatic heterocycles. The molecule has 0 radical (unpaired) electrons. The Morgan fingerprint density at radius 2 is 2.29 bits per heavy atom. The molecule has 2 rings (SSSR count). The van der Waals surface area contributed by atoms with Gasteiger partial charge in [0.2, 0.25) is 0 Å². The molecule has 0 saturated carbocycles. The van der Waals surface area contributed by atoms with Gasteiger partial charge < -0.3 is 15.2 Å². The van der Waals surface area contributed by atoms with Crippen molar-refractivity contribution in [1.29, 1.82) is 0 Å². The third-order valence-corrected chi connectivity index (χ3v) is 3.34. The first-order chi connectivity index (χ1) is 8.09. The van der Waals surface area contributed by atoms with Gasteiger partial charge in [0.15, 0.2) is 0 Å². The number of nitrogens with zero attached hydrogens (tertiary/aromatic N) is 1. The van der Waals surface area contributed by atoms with Crippen molar-refractivity contribution in [3.05, 3.63) is 17.0 Å². The summed E-state index contributed by atoms with van der Waals surface area (Å²) in [5.41, 5.74) is 1.22. The second kappa shape index (κ2) is 4.87. The van der Waals surface area contributed by atoms with Crippen LogP contribution in [0.5, 0.6) is 0 Å². The van der Waals surface area contributed by atoms with E-state index in [1.807, 2.05) is 0 Å². The topological polar surface area (TPSA) is 67.2 Å². The van der Waals surface area contributed by atoms with E-state index in [0.717, 1.165) is 19.4 Å². The summed E-state index contributed by atoms with van der Waals surface area (Å²) in [7, 11) is 0. The Bertz CT molecular complexity index is 394. The Balaban J connectivity index is 2.06. The number of rotatable bonds is 2. The van der Waals surface area contributed by atoms with Gasteiger partial charge in [-0.15, -0.1) is 0 Å². The summed E-state index contributed by atoms with van der Waals surface area (Å²) in [6.07, 6.45) is 2.11. The van der Waals surface area contributed by atoms with Crippen molar-refractivity contribution in [3.63, 3.8) is 0 Å². The summed E-state index contributed by atoms with van der Waals surface area (Å²) in [5.74, 6) is 0.498. The summed E-state index contributed by atoms with van der Waals surface area (Å²) in [6, 6.07) is 0.498.